The smallest absolute Gasteiger partial charge is 0.191 e. The van der Waals surface area contributed by atoms with Crippen molar-refractivity contribution in [3.05, 3.63) is 38.5 Å². The Balaban J connectivity index is 0.00000243. The number of guanidine groups is 1. The second-order valence-electron chi connectivity index (χ2n) is 6.15. The molecule has 3 rings (SSSR count). The molecule has 5 nitrogen and oxygen atoms in total. The molecule has 144 valence electrons. The lowest BCUT2D eigenvalue weighted by Gasteiger charge is -2.27. The molecule has 0 aliphatic carbocycles. The van der Waals surface area contributed by atoms with Gasteiger partial charge in [-0.15, -0.1) is 46.7 Å². The molecule has 0 radical (unpaired) electrons. The molecule has 1 unspecified atom stereocenters. The third-order valence-electron chi connectivity index (χ3n) is 4.50. The van der Waals surface area contributed by atoms with E-state index in [0.717, 1.165) is 30.5 Å². The lowest BCUT2D eigenvalue weighted by Crippen LogP contribution is -2.42. The molecule has 0 aromatic carbocycles. The Bertz CT molecular complexity index is 665. The van der Waals surface area contributed by atoms with Crippen LogP contribution in [0.4, 0.5) is 0 Å². The number of aryl methyl sites for hydroxylation is 1. The van der Waals surface area contributed by atoms with E-state index < -0.39 is 0 Å². The monoisotopic (exact) mass is 505 g/mol. The summed E-state index contributed by atoms with van der Waals surface area (Å²) in [5.41, 5.74) is 0. The molecule has 1 aliphatic rings. The Morgan fingerprint density at radius 1 is 1.35 bits per heavy atom. The number of hydrogen-bond donors (Lipinski definition) is 2. The number of nitrogens with one attached hydrogen (secondary N) is 2. The Labute approximate surface area is 181 Å². The second-order valence-corrected chi connectivity index (χ2v) is 8.33. The molecule has 26 heavy (non-hydrogen) atoms. The van der Waals surface area contributed by atoms with E-state index >= 15 is 0 Å². The third kappa shape index (κ3) is 5.90. The van der Waals surface area contributed by atoms with Gasteiger partial charge in [-0.3, -0.25) is 9.89 Å². The Hall–Kier alpha value is -0.710. The predicted octanol–water partition coefficient (Wildman–Crippen LogP) is 3.89. The molecular weight excluding hydrogens is 477 g/mol. The molecule has 0 amide bonds. The van der Waals surface area contributed by atoms with Crippen LogP contribution in [-0.4, -0.2) is 42.5 Å². The first kappa shape index (κ1) is 21.6. The van der Waals surface area contributed by atoms with Crippen molar-refractivity contribution in [2.45, 2.75) is 38.8 Å². The lowest BCUT2D eigenvalue weighted by atomic mass is 10.2. The number of thiazole rings is 1. The fourth-order valence-corrected chi connectivity index (χ4v) is 4.77. The topological polar surface area (TPSA) is 52.6 Å². The summed E-state index contributed by atoms with van der Waals surface area (Å²) in [5, 5.41) is 10.2. The molecule has 3 heterocycles. The van der Waals surface area contributed by atoms with Gasteiger partial charge in [0, 0.05) is 29.5 Å². The molecule has 8 heteroatoms. The molecule has 1 aliphatic heterocycles. The van der Waals surface area contributed by atoms with Gasteiger partial charge < -0.3 is 10.6 Å². The maximum atomic E-state index is 4.46. The number of nitrogens with zero attached hydrogens (tertiary/aromatic N) is 3. The van der Waals surface area contributed by atoms with E-state index in [1.165, 1.54) is 35.7 Å². The Morgan fingerprint density at radius 3 is 2.77 bits per heavy atom. The molecule has 2 aromatic heterocycles. The SMILES string of the molecule is CCc1cnc(CNC(=NC)NCC(c2cccs2)N2CCCC2)s1.I. The van der Waals surface area contributed by atoms with Crippen LogP contribution in [0.5, 0.6) is 0 Å². The van der Waals surface area contributed by atoms with Crippen molar-refractivity contribution in [2.75, 3.05) is 26.7 Å². The maximum Gasteiger partial charge on any atom is 0.191 e. The minimum Gasteiger partial charge on any atom is -0.354 e. The van der Waals surface area contributed by atoms with E-state index in [1.807, 2.05) is 24.6 Å². The maximum absolute atomic E-state index is 4.46. The van der Waals surface area contributed by atoms with E-state index in [2.05, 4.69) is 49.9 Å². The van der Waals surface area contributed by atoms with Gasteiger partial charge in [-0.25, -0.2) is 4.98 Å². The average Bonchev–Trinajstić information content (AvgIpc) is 3.40. The first-order valence-electron chi connectivity index (χ1n) is 8.95. The summed E-state index contributed by atoms with van der Waals surface area (Å²) in [6.07, 6.45) is 5.62. The minimum atomic E-state index is 0. The van der Waals surface area contributed by atoms with Crippen LogP contribution in [0.3, 0.4) is 0 Å². The van der Waals surface area contributed by atoms with Gasteiger partial charge in [0.25, 0.3) is 0 Å². The summed E-state index contributed by atoms with van der Waals surface area (Å²) in [6, 6.07) is 4.81. The third-order valence-corrected chi connectivity index (χ3v) is 6.61. The Morgan fingerprint density at radius 2 is 2.15 bits per heavy atom. The fraction of sp³-hybridized carbons (Fsp3) is 0.556. The van der Waals surface area contributed by atoms with Crippen molar-refractivity contribution in [3.63, 3.8) is 0 Å². The zero-order valence-electron chi connectivity index (χ0n) is 15.4. The summed E-state index contributed by atoms with van der Waals surface area (Å²) in [4.78, 5) is 14.2. The second kappa shape index (κ2) is 11.2. The lowest BCUT2D eigenvalue weighted by molar-refractivity contribution is 0.249. The molecule has 2 N–H and O–H groups in total. The molecule has 2 aromatic rings. The normalized spacial score (nSPS) is 16.3. The summed E-state index contributed by atoms with van der Waals surface area (Å²) in [7, 11) is 1.82. The van der Waals surface area contributed by atoms with Gasteiger partial charge in [0.1, 0.15) is 5.01 Å². The van der Waals surface area contributed by atoms with Crippen LogP contribution in [0.1, 0.15) is 40.6 Å². The number of halogens is 1. The van der Waals surface area contributed by atoms with Crippen LogP contribution in [0.2, 0.25) is 0 Å². The standard InChI is InChI=1S/C18H27N5S2.HI/c1-3-14-11-20-17(25-14)13-22-18(19-2)21-12-15(16-7-6-10-24-16)23-8-4-5-9-23;/h6-7,10-11,15H,3-5,8-9,12-13H2,1-2H3,(H2,19,21,22);1H. The molecular formula is C18H28IN5S2. The van der Waals surface area contributed by atoms with Crippen LogP contribution < -0.4 is 10.6 Å². The number of aliphatic imine (C=N–C) groups is 1. The van der Waals surface area contributed by atoms with E-state index in [-0.39, 0.29) is 24.0 Å². The zero-order valence-corrected chi connectivity index (χ0v) is 19.4. The summed E-state index contributed by atoms with van der Waals surface area (Å²) < 4.78 is 0. The van der Waals surface area contributed by atoms with Gasteiger partial charge >= 0.3 is 0 Å². The van der Waals surface area contributed by atoms with Crippen LogP contribution in [-0.2, 0) is 13.0 Å². The van der Waals surface area contributed by atoms with Crippen molar-refractivity contribution in [1.82, 2.24) is 20.5 Å². The highest BCUT2D eigenvalue weighted by molar-refractivity contribution is 14.0. The van der Waals surface area contributed by atoms with Crippen molar-refractivity contribution in [3.8, 4) is 0 Å². The van der Waals surface area contributed by atoms with Gasteiger partial charge in [0.05, 0.1) is 12.6 Å². The van der Waals surface area contributed by atoms with Crippen LogP contribution in [0.15, 0.2) is 28.7 Å². The van der Waals surface area contributed by atoms with Crippen molar-refractivity contribution >= 4 is 52.6 Å². The number of thiophene rings is 1. The summed E-state index contributed by atoms with van der Waals surface area (Å²) in [6.45, 7) is 6.13. The highest BCUT2D eigenvalue weighted by atomic mass is 127. The number of rotatable bonds is 7. The molecule has 0 bridgehead atoms. The summed E-state index contributed by atoms with van der Waals surface area (Å²) >= 11 is 3.61. The zero-order chi connectivity index (χ0) is 17.5. The van der Waals surface area contributed by atoms with Crippen LogP contribution >= 0.6 is 46.7 Å². The van der Waals surface area contributed by atoms with Crippen molar-refractivity contribution in [1.29, 1.82) is 0 Å². The summed E-state index contributed by atoms with van der Waals surface area (Å²) in [5.74, 6) is 0.842. The highest BCUT2D eigenvalue weighted by Crippen LogP contribution is 2.27. The van der Waals surface area contributed by atoms with Gasteiger partial charge in [-0.1, -0.05) is 13.0 Å². The molecule has 1 saturated heterocycles. The largest absolute Gasteiger partial charge is 0.354 e. The highest BCUT2D eigenvalue weighted by Gasteiger charge is 2.24. The first-order chi connectivity index (χ1) is 12.3. The van der Waals surface area contributed by atoms with Crippen molar-refractivity contribution < 1.29 is 0 Å². The number of likely N-dealkylation sites (tertiary alicyclic amines) is 1. The quantitative estimate of drug-likeness (QED) is 0.341. The van der Waals surface area contributed by atoms with Crippen LogP contribution in [0.25, 0.3) is 0 Å². The predicted molar refractivity (Wildman–Crippen MR) is 123 cm³/mol. The minimum absolute atomic E-state index is 0. The molecule has 0 spiro atoms. The van der Waals surface area contributed by atoms with Gasteiger partial charge in [-0.05, 0) is 43.8 Å². The van der Waals surface area contributed by atoms with Crippen LogP contribution in [0, 0.1) is 0 Å². The number of aromatic nitrogens is 1. The molecule has 0 saturated carbocycles. The van der Waals surface area contributed by atoms with Gasteiger partial charge in [0.15, 0.2) is 5.96 Å². The van der Waals surface area contributed by atoms with Gasteiger partial charge in [0.2, 0.25) is 0 Å². The molecule has 1 fully saturated rings. The van der Waals surface area contributed by atoms with E-state index in [0.29, 0.717) is 6.04 Å². The van der Waals surface area contributed by atoms with Gasteiger partial charge in [-0.2, -0.15) is 0 Å². The van der Waals surface area contributed by atoms with E-state index in [4.69, 9.17) is 0 Å². The fourth-order valence-electron chi connectivity index (χ4n) is 3.11. The van der Waals surface area contributed by atoms with Crippen molar-refractivity contribution in [2.24, 2.45) is 4.99 Å². The van der Waals surface area contributed by atoms with E-state index in [1.54, 1.807) is 11.3 Å². The average molecular weight is 505 g/mol. The molecule has 1 atom stereocenters. The number of hydrogen-bond acceptors (Lipinski definition) is 5. The Kier molecular flexibility index (Phi) is 9.30. The first-order valence-corrected chi connectivity index (χ1v) is 10.6. The van der Waals surface area contributed by atoms with E-state index in [9.17, 15) is 0 Å².